The summed E-state index contributed by atoms with van der Waals surface area (Å²) >= 11 is 0. The molecule has 0 atom stereocenters. The van der Waals surface area contributed by atoms with Crippen LogP contribution in [0.4, 0.5) is 0 Å². The third kappa shape index (κ3) is 2.16. The van der Waals surface area contributed by atoms with Crippen LogP contribution in [0.25, 0.3) is 5.69 Å². The van der Waals surface area contributed by atoms with E-state index >= 15 is 0 Å². The van der Waals surface area contributed by atoms with Crippen molar-refractivity contribution in [3.63, 3.8) is 0 Å². The molecule has 0 radical (unpaired) electrons. The van der Waals surface area contributed by atoms with Crippen LogP contribution in [0, 0.1) is 20.8 Å². The van der Waals surface area contributed by atoms with Crippen molar-refractivity contribution in [2.24, 2.45) is 0 Å². The molecule has 5 heteroatoms. The van der Waals surface area contributed by atoms with Gasteiger partial charge < -0.3 is 4.42 Å². The van der Waals surface area contributed by atoms with Crippen molar-refractivity contribution < 1.29 is 9.21 Å². The summed E-state index contributed by atoms with van der Waals surface area (Å²) in [5.41, 5.74) is 2.67. The molecule has 5 nitrogen and oxygen atoms in total. The number of furan rings is 1. The molecule has 2 aromatic heterocycles. The molecule has 0 bridgehead atoms. The van der Waals surface area contributed by atoms with Crippen molar-refractivity contribution in [3.8, 4) is 5.69 Å². The fourth-order valence-electron chi connectivity index (χ4n) is 2.41. The average Bonchev–Trinajstić information content (AvgIpc) is 3.05. The molecular formula is C16H15N3O2. The smallest absolute Gasteiger partial charge is 0.216 e. The van der Waals surface area contributed by atoms with Crippen molar-refractivity contribution in [2.45, 2.75) is 20.8 Å². The molecule has 2 heterocycles. The fourth-order valence-corrected chi connectivity index (χ4v) is 2.41. The van der Waals surface area contributed by atoms with Crippen LogP contribution in [0.3, 0.4) is 0 Å². The lowest BCUT2D eigenvalue weighted by Gasteiger charge is -2.05. The topological polar surface area (TPSA) is 60.9 Å². The Morgan fingerprint density at radius 3 is 2.43 bits per heavy atom. The van der Waals surface area contributed by atoms with Crippen molar-refractivity contribution in [1.82, 2.24) is 15.0 Å². The number of benzene rings is 1. The summed E-state index contributed by atoms with van der Waals surface area (Å²) in [5.74, 6) is 1.25. The molecule has 3 rings (SSSR count). The molecule has 0 amide bonds. The summed E-state index contributed by atoms with van der Waals surface area (Å²) in [6, 6.07) is 9.46. The van der Waals surface area contributed by atoms with Gasteiger partial charge in [-0.1, -0.05) is 23.4 Å². The molecule has 0 aliphatic carbocycles. The molecule has 1 aromatic carbocycles. The van der Waals surface area contributed by atoms with Gasteiger partial charge in [0.2, 0.25) is 5.78 Å². The molecule has 0 saturated heterocycles. The van der Waals surface area contributed by atoms with Gasteiger partial charge in [-0.15, -0.1) is 5.10 Å². The monoisotopic (exact) mass is 281 g/mol. The summed E-state index contributed by atoms with van der Waals surface area (Å²) in [5, 5.41) is 7.89. The van der Waals surface area contributed by atoms with Crippen LogP contribution in [-0.2, 0) is 0 Å². The zero-order valence-corrected chi connectivity index (χ0v) is 12.1. The summed E-state index contributed by atoms with van der Waals surface area (Å²) in [6.07, 6.45) is 1.48. The van der Waals surface area contributed by atoms with Crippen LogP contribution in [0.15, 0.2) is 40.9 Å². The SMILES string of the molecule is Cc1oc(C)c(C(=O)c2cnnn2-c2ccccc2)c1C. The number of hydrogen-bond acceptors (Lipinski definition) is 4. The maximum atomic E-state index is 12.8. The van der Waals surface area contributed by atoms with E-state index in [-0.39, 0.29) is 5.78 Å². The minimum atomic E-state index is -0.129. The summed E-state index contributed by atoms with van der Waals surface area (Å²) in [6.45, 7) is 5.53. The van der Waals surface area contributed by atoms with Gasteiger partial charge in [0.05, 0.1) is 17.4 Å². The standard InChI is InChI=1S/C16H15N3O2/c1-10-11(2)21-12(3)15(10)16(20)14-9-17-18-19(14)13-7-5-4-6-8-13/h4-9H,1-3H3. The molecule has 0 saturated carbocycles. The normalized spacial score (nSPS) is 10.8. The lowest BCUT2D eigenvalue weighted by Crippen LogP contribution is -2.11. The molecule has 0 fully saturated rings. The van der Waals surface area contributed by atoms with Gasteiger partial charge in [0.15, 0.2) is 0 Å². The van der Waals surface area contributed by atoms with Crippen molar-refractivity contribution >= 4 is 5.78 Å². The first-order chi connectivity index (χ1) is 10.1. The maximum Gasteiger partial charge on any atom is 0.216 e. The average molecular weight is 281 g/mol. The first kappa shape index (κ1) is 13.3. The predicted molar refractivity (Wildman–Crippen MR) is 77.7 cm³/mol. The van der Waals surface area contributed by atoms with Gasteiger partial charge in [0.1, 0.15) is 17.2 Å². The van der Waals surface area contributed by atoms with Gasteiger partial charge in [0.25, 0.3) is 0 Å². The Morgan fingerprint density at radius 1 is 1.10 bits per heavy atom. The van der Waals surface area contributed by atoms with Gasteiger partial charge in [-0.3, -0.25) is 4.79 Å². The molecule has 0 unspecified atom stereocenters. The lowest BCUT2D eigenvalue weighted by atomic mass is 10.0. The van der Waals surface area contributed by atoms with E-state index in [1.165, 1.54) is 6.20 Å². The molecule has 21 heavy (non-hydrogen) atoms. The van der Waals surface area contributed by atoms with E-state index in [4.69, 9.17) is 4.42 Å². The highest BCUT2D eigenvalue weighted by molar-refractivity contribution is 6.09. The highest BCUT2D eigenvalue weighted by Gasteiger charge is 2.23. The Kier molecular flexibility index (Phi) is 3.17. The molecule has 3 aromatic rings. The first-order valence-electron chi connectivity index (χ1n) is 6.67. The second-order valence-electron chi connectivity index (χ2n) is 4.91. The fraction of sp³-hybridized carbons (Fsp3) is 0.188. The van der Waals surface area contributed by atoms with Crippen LogP contribution < -0.4 is 0 Å². The van der Waals surface area contributed by atoms with Gasteiger partial charge in [-0.05, 0) is 32.9 Å². The molecule has 0 aliphatic rings. The second kappa shape index (κ2) is 5.01. The largest absolute Gasteiger partial charge is 0.466 e. The minimum absolute atomic E-state index is 0.129. The van der Waals surface area contributed by atoms with E-state index in [0.29, 0.717) is 17.0 Å². The third-order valence-electron chi connectivity index (χ3n) is 3.57. The number of nitrogens with zero attached hydrogens (tertiary/aromatic N) is 3. The first-order valence-corrected chi connectivity index (χ1v) is 6.67. The van der Waals surface area contributed by atoms with Crippen LogP contribution in [-0.4, -0.2) is 20.8 Å². The van der Waals surface area contributed by atoms with E-state index < -0.39 is 0 Å². The molecule has 0 spiro atoms. The summed E-state index contributed by atoms with van der Waals surface area (Å²) < 4.78 is 7.08. The Bertz CT molecular complexity index is 800. The van der Waals surface area contributed by atoms with Crippen LogP contribution in [0.2, 0.25) is 0 Å². The number of carbonyl (C=O) groups excluding carboxylic acids is 1. The molecule has 106 valence electrons. The Labute approximate surface area is 122 Å². The Hall–Kier alpha value is -2.69. The van der Waals surface area contributed by atoms with Crippen LogP contribution in [0.5, 0.6) is 0 Å². The Morgan fingerprint density at radius 2 is 1.81 bits per heavy atom. The van der Waals surface area contributed by atoms with Crippen LogP contribution >= 0.6 is 0 Å². The van der Waals surface area contributed by atoms with E-state index in [9.17, 15) is 4.79 Å². The quantitative estimate of drug-likeness (QED) is 0.692. The number of rotatable bonds is 3. The van der Waals surface area contributed by atoms with E-state index in [1.54, 1.807) is 11.6 Å². The van der Waals surface area contributed by atoms with Crippen molar-refractivity contribution in [3.05, 3.63) is 64.9 Å². The van der Waals surface area contributed by atoms with E-state index in [0.717, 1.165) is 17.0 Å². The zero-order valence-electron chi connectivity index (χ0n) is 12.1. The number of aromatic nitrogens is 3. The van der Waals surface area contributed by atoms with Crippen LogP contribution in [0.1, 0.15) is 33.1 Å². The number of para-hydroxylation sites is 1. The molecule has 0 aliphatic heterocycles. The predicted octanol–water partition coefficient (Wildman–Crippen LogP) is 3.02. The van der Waals surface area contributed by atoms with Gasteiger partial charge in [-0.2, -0.15) is 0 Å². The number of ketones is 1. The number of aryl methyl sites for hydroxylation is 2. The summed E-state index contributed by atoms with van der Waals surface area (Å²) in [4.78, 5) is 12.8. The van der Waals surface area contributed by atoms with Crippen molar-refractivity contribution in [1.29, 1.82) is 0 Å². The molecule has 0 N–H and O–H groups in total. The Balaban J connectivity index is 2.10. The third-order valence-corrected chi connectivity index (χ3v) is 3.57. The van der Waals surface area contributed by atoms with Gasteiger partial charge >= 0.3 is 0 Å². The van der Waals surface area contributed by atoms with E-state index in [2.05, 4.69) is 10.3 Å². The minimum Gasteiger partial charge on any atom is -0.466 e. The maximum absolute atomic E-state index is 12.8. The second-order valence-corrected chi connectivity index (χ2v) is 4.91. The summed E-state index contributed by atoms with van der Waals surface area (Å²) in [7, 11) is 0. The number of hydrogen-bond donors (Lipinski definition) is 0. The highest BCUT2D eigenvalue weighted by Crippen LogP contribution is 2.24. The molecular weight excluding hydrogens is 266 g/mol. The van der Waals surface area contributed by atoms with E-state index in [1.807, 2.05) is 44.2 Å². The zero-order chi connectivity index (χ0) is 15.0. The van der Waals surface area contributed by atoms with Gasteiger partial charge in [-0.25, -0.2) is 4.68 Å². The van der Waals surface area contributed by atoms with Gasteiger partial charge in [0, 0.05) is 5.56 Å². The number of carbonyl (C=O) groups is 1. The lowest BCUT2D eigenvalue weighted by molar-refractivity contribution is 0.103. The highest BCUT2D eigenvalue weighted by atomic mass is 16.3. The van der Waals surface area contributed by atoms with Crippen molar-refractivity contribution in [2.75, 3.05) is 0 Å².